The van der Waals surface area contributed by atoms with E-state index >= 15 is 0 Å². The molecule has 2 nitrogen and oxygen atoms in total. The van der Waals surface area contributed by atoms with Crippen LogP contribution < -0.4 is 5.32 Å². The molecule has 0 radical (unpaired) electrons. The number of amides is 1. The van der Waals surface area contributed by atoms with Crippen LogP contribution in [0.25, 0.3) is 0 Å². The van der Waals surface area contributed by atoms with Gasteiger partial charge in [0.15, 0.2) is 0 Å². The first-order chi connectivity index (χ1) is 6.70. The average Bonchev–Trinajstić information content (AvgIpc) is 2.21. The summed E-state index contributed by atoms with van der Waals surface area (Å²) in [5.41, 5.74) is 0. The van der Waals surface area contributed by atoms with Crippen LogP contribution in [0.5, 0.6) is 0 Å². The summed E-state index contributed by atoms with van der Waals surface area (Å²) < 4.78 is 0. The molecule has 0 aliphatic rings. The van der Waals surface area contributed by atoms with Gasteiger partial charge in [0.1, 0.15) is 0 Å². The molecule has 0 aromatic rings. The minimum absolute atomic E-state index is 0.224. The molecule has 0 aliphatic heterocycles. The third-order valence-corrected chi connectivity index (χ3v) is 2.60. The standard InChI is InChI=1S/C12H25NO/c1-4-6-7-8-9-12(14)13-10-11(3)5-2/h11H,4-10H2,1-3H3,(H,13,14). The molecule has 0 heterocycles. The lowest BCUT2D eigenvalue weighted by atomic mass is 10.1. The van der Waals surface area contributed by atoms with Crippen LogP contribution in [0.3, 0.4) is 0 Å². The van der Waals surface area contributed by atoms with E-state index in [1.54, 1.807) is 0 Å². The maximum atomic E-state index is 11.3. The second-order valence-electron chi connectivity index (χ2n) is 4.13. The third kappa shape index (κ3) is 8.09. The van der Waals surface area contributed by atoms with Crippen LogP contribution in [0.2, 0.25) is 0 Å². The summed E-state index contributed by atoms with van der Waals surface area (Å²) in [7, 11) is 0. The zero-order valence-electron chi connectivity index (χ0n) is 9.94. The lowest BCUT2D eigenvalue weighted by Crippen LogP contribution is -2.27. The van der Waals surface area contributed by atoms with Crippen molar-refractivity contribution in [2.24, 2.45) is 5.92 Å². The SMILES string of the molecule is CCCCCCC(=O)NCC(C)CC. The van der Waals surface area contributed by atoms with Crippen LogP contribution in [0.1, 0.15) is 59.3 Å². The first-order valence-electron chi connectivity index (χ1n) is 5.97. The number of rotatable bonds is 8. The van der Waals surface area contributed by atoms with Crippen LogP contribution in [-0.2, 0) is 4.79 Å². The molecular weight excluding hydrogens is 174 g/mol. The fraction of sp³-hybridized carbons (Fsp3) is 0.917. The highest BCUT2D eigenvalue weighted by molar-refractivity contribution is 5.75. The molecule has 0 aromatic heterocycles. The Kier molecular flexibility index (Phi) is 8.70. The van der Waals surface area contributed by atoms with Crippen LogP contribution >= 0.6 is 0 Å². The van der Waals surface area contributed by atoms with Gasteiger partial charge >= 0.3 is 0 Å². The van der Waals surface area contributed by atoms with Crippen LogP contribution in [0.4, 0.5) is 0 Å². The molecule has 1 unspecified atom stereocenters. The van der Waals surface area contributed by atoms with Crippen LogP contribution in [0.15, 0.2) is 0 Å². The van der Waals surface area contributed by atoms with Gasteiger partial charge in [-0.05, 0) is 12.3 Å². The van der Waals surface area contributed by atoms with Gasteiger partial charge in [-0.2, -0.15) is 0 Å². The maximum absolute atomic E-state index is 11.3. The summed E-state index contributed by atoms with van der Waals surface area (Å²) in [5, 5.41) is 2.97. The summed E-state index contributed by atoms with van der Waals surface area (Å²) in [6.07, 6.45) is 6.55. The molecule has 2 heteroatoms. The monoisotopic (exact) mass is 199 g/mol. The minimum atomic E-state index is 0.224. The van der Waals surface area contributed by atoms with Crippen molar-refractivity contribution in [2.75, 3.05) is 6.54 Å². The molecule has 1 amide bonds. The number of hydrogen-bond donors (Lipinski definition) is 1. The summed E-state index contributed by atoms with van der Waals surface area (Å²) in [5.74, 6) is 0.830. The number of unbranched alkanes of at least 4 members (excludes halogenated alkanes) is 3. The molecule has 0 aromatic carbocycles. The lowest BCUT2D eigenvalue weighted by Gasteiger charge is -2.09. The fourth-order valence-corrected chi connectivity index (χ4v) is 1.23. The van der Waals surface area contributed by atoms with Crippen molar-refractivity contribution in [2.45, 2.75) is 59.3 Å². The normalized spacial score (nSPS) is 12.5. The van der Waals surface area contributed by atoms with E-state index < -0.39 is 0 Å². The number of carbonyl (C=O) groups is 1. The van der Waals surface area contributed by atoms with E-state index in [0.29, 0.717) is 12.3 Å². The van der Waals surface area contributed by atoms with E-state index in [4.69, 9.17) is 0 Å². The van der Waals surface area contributed by atoms with Crippen molar-refractivity contribution in [3.05, 3.63) is 0 Å². The van der Waals surface area contributed by atoms with Crippen LogP contribution in [-0.4, -0.2) is 12.5 Å². The molecule has 14 heavy (non-hydrogen) atoms. The molecule has 0 rings (SSSR count). The van der Waals surface area contributed by atoms with Gasteiger partial charge in [-0.25, -0.2) is 0 Å². The second kappa shape index (κ2) is 9.04. The van der Waals surface area contributed by atoms with E-state index in [1.807, 2.05) is 0 Å². The highest BCUT2D eigenvalue weighted by Gasteiger charge is 2.02. The smallest absolute Gasteiger partial charge is 0.220 e. The fourth-order valence-electron chi connectivity index (χ4n) is 1.23. The number of carbonyl (C=O) groups excluding carboxylic acids is 1. The minimum Gasteiger partial charge on any atom is -0.356 e. The molecule has 0 saturated carbocycles. The van der Waals surface area contributed by atoms with Gasteiger partial charge in [0.25, 0.3) is 0 Å². The Morgan fingerprint density at radius 2 is 1.93 bits per heavy atom. The van der Waals surface area contributed by atoms with Crippen LogP contribution in [0, 0.1) is 5.92 Å². The first kappa shape index (κ1) is 13.5. The third-order valence-electron chi connectivity index (χ3n) is 2.60. The van der Waals surface area contributed by atoms with Crippen molar-refractivity contribution < 1.29 is 4.79 Å². The molecule has 1 atom stereocenters. The van der Waals surface area contributed by atoms with Crippen molar-refractivity contribution in [1.82, 2.24) is 5.32 Å². The molecule has 1 N–H and O–H groups in total. The van der Waals surface area contributed by atoms with E-state index in [0.717, 1.165) is 19.4 Å². The largest absolute Gasteiger partial charge is 0.356 e. The van der Waals surface area contributed by atoms with E-state index in [2.05, 4.69) is 26.1 Å². The summed E-state index contributed by atoms with van der Waals surface area (Å²) in [6, 6.07) is 0. The average molecular weight is 199 g/mol. The Morgan fingerprint density at radius 3 is 2.50 bits per heavy atom. The molecule has 0 spiro atoms. The lowest BCUT2D eigenvalue weighted by molar-refractivity contribution is -0.121. The predicted octanol–water partition coefficient (Wildman–Crippen LogP) is 3.12. The zero-order valence-corrected chi connectivity index (χ0v) is 9.94. The Labute approximate surface area is 88.5 Å². The Bertz CT molecular complexity index is 145. The molecule has 0 aliphatic carbocycles. The van der Waals surface area contributed by atoms with Crippen molar-refractivity contribution >= 4 is 5.91 Å². The first-order valence-corrected chi connectivity index (χ1v) is 5.97. The van der Waals surface area contributed by atoms with Gasteiger partial charge in [-0.15, -0.1) is 0 Å². The van der Waals surface area contributed by atoms with Gasteiger partial charge in [0, 0.05) is 13.0 Å². The molecule has 0 fully saturated rings. The molecule has 84 valence electrons. The highest BCUT2D eigenvalue weighted by atomic mass is 16.1. The summed E-state index contributed by atoms with van der Waals surface area (Å²) in [4.78, 5) is 11.3. The van der Waals surface area contributed by atoms with Gasteiger partial charge in [0.05, 0.1) is 0 Å². The number of hydrogen-bond acceptors (Lipinski definition) is 1. The summed E-state index contributed by atoms with van der Waals surface area (Å²) >= 11 is 0. The molecule has 0 saturated heterocycles. The maximum Gasteiger partial charge on any atom is 0.220 e. The molecule has 0 bridgehead atoms. The second-order valence-corrected chi connectivity index (χ2v) is 4.13. The summed E-state index contributed by atoms with van der Waals surface area (Å²) in [6.45, 7) is 7.33. The topological polar surface area (TPSA) is 29.1 Å². The van der Waals surface area contributed by atoms with Crippen molar-refractivity contribution in [3.63, 3.8) is 0 Å². The quantitative estimate of drug-likeness (QED) is 0.598. The van der Waals surface area contributed by atoms with Crippen molar-refractivity contribution in [1.29, 1.82) is 0 Å². The Balaban J connectivity index is 3.28. The Morgan fingerprint density at radius 1 is 1.21 bits per heavy atom. The van der Waals surface area contributed by atoms with Gasteiger partial charge in [0.2, 0.25) is 5.91 Å². The van der Waals surface area contributed by atoms with Gasteiger partial charge in [-0.3, -0.25) is 4.79 Å². The zero-order chi connectivity index (χ0) is 10.8. The highest BCUT2D eigenvalue weighted by Crippen LogP contribution is 2.02. The van der Waals surface area contributed by atoms with Gasteiger partial charge in [-0.1, -0.05) is 46.5 Å². The van der Waals surface area contributed by atoms with E-state index in [-0.39, 0.29) is 5.91 Å². The van der Waals surface area contributed by atoms with E-state index in [1.165, 1.54) is 19.3 Å². The predicted molar refractivity (Wildman–Crippen MR) is 61.2 cm³/mol. The van der Waals surface area contributed by atoms with E-state index in [9.17, 15) is 4.79 Å². The van der Waals surface area contributed by atoms with Gasteiger partial charge < -0.3 is 5.32 Å². The Hall–Kier alpha value is -0.530. The van der Waals surface area contributed by atoms with Crippen molar-refractivity contribution in [3.8, 4) is 0 Å². The number of nitrogens with one attached hydrogen (secondary N) is 1. The molecular formula is C12H25NO.